The lowest BCUT2D eigenvalue weighted by Crippen LogP contribution is -2.02. The molecule has 0 radical (unpaired) electrons. The van der Waals surface area contributed by atoms with E-state index in [2.05, 4.69) is 188 Å². The summed E-state index contributed by atoms with van der Waals surface area (Å²) >= 11 is 1.79. The zero-order valence-electron chi connectivity index (χ0n) is 32.2. The summed E-state index contributed by atoms with van der Waals surface area (Å²) in [5, 5.41) is 6.60. The monoisotopic (exact) mass is 783 g/mol. The standard InChI is InChI=1S/C55H33N3OS/c1-3-12-34(13-4-1)36-22-26-38(27-23-36)42-30-31-46-51(45-32-40-16-7-8-17-41(40)33-47(45)59-46)52(42)55-57-53(39-28-24-37(25-29-39)35-14-5-2-6-15-35)56-54(58-55)44-19-11-21-49-50(44)43-18-9-10-20-48(43)60-49/h1-33H. The highest BCUT2D eigenvalue weighted by Crippen LogP contribution is 2.45. The predicted molar refractivity (Wildman–Crippen MR) is 250 cm³/mol. The fraction of sp³-hybridized carbons (Fsp3) is 0. The average molecular weight is 784 g/mol. The molecule has 0 unspecified atom stereocenters. The van der Waals surface area contributed by atoms with E-state index in [4.69, 9.17) is 19.4 Å². The lowest BCUT2D eigenvalue weighted by Gasteiger charge is -2.14. The highest BCUT2D eigenvalue weighted by Gasteiger charge is 2.24. The van der Waals surface area contributed by atoms with E-state index in [-0.39, 0.29) is 0 Å². The Labute approximate surface area is 349 Å². The van der Waals surface area contributed by atoms with E-state index in [0.717, 1.165) is 82.6 Å². The Hall–Kier alpha value is -7.73. The van der Waals surface area contributed by atoms with Crippen molar-refractivity contribution >= 4 is 64.2 Å². The second-order valence-corrected chi connectivity index (χ2v) is 16.2. The third-order valence-electron chi connectivity index (χ3n) is 11.6. The number of hydrogen-bond donors (Lipinski definition) is 0. The summed E-state index contributed by atoms with van der Waals surface area (Å²) in [7, 11) is 0. The molecule has 280 valence electrons. The van der Waals surface area contributed by atoms with Gasteiger partial charge in [-0.3, -0.25) is 0 Å². The number of fused-ring (bicyclic) bond motifs is 7. The molecule has 0 aliphatic heterocycles. The van der Waals surface area contributed by atoms with Crippen LogP contribution in [0.2, 0.25) is 0 Å². The molecule has 0 fully saturated rings. The number of furan rings is 1. The van der Waals surface area contributed by atoms with Crippen LogP contribution in [0.1, 0.15) is 0 Å². The Balaban J connectivity index is 1.15. The Morgan fingerprint density at radius 2 is 0.900 bits per heavy atom. The van der Waals surface area contributed by atoms with Gasteiger partial charge in [0.15, 0.2) is 17.5 Å². The maximum atomic E-state index is 6.70. The van der Waals surface area contributed by atoms with Gasteiger partial charge in [-0.25, -0.2) is 15.0 Å². The molecule has 4 nitrogen and oxygen atoms in total. The van der Waals surface area contributed by atoms with Crippen molar-refractivity contribution in [3.05, 3.63) is 200 Å². The van der Waals surface area contributed by atoms with Gasteiger partial charge in [0.1, 0.15) is 11.2 Å². The van der Waals surface area contributed by atoms with E-state index >= 15 is 0 Å². The summed E-state index contributed by atoms with van der Waals surface area (Å²) in [4.78, 5) is 16.2. The fourth-order valence-corrected chi connectivity index (χ4v) is 9.77. The second kappa shape index (κ2) is 14.0. The normalized spacial score (nSPS) is 11.7. The molecule has 0 atom stereocenters. The molecular formula is C55H33N3OS. The van der Waals surface area contributed by atoms with Crippen LogP contribution in [0.5, 0.6) is 0 Å². The summed E-state index contributed by atoms with van der Waals surface area (Å²) in [5.41, 5.74) is 11.1. The number of nitrogens with zero attached hydrogens (tertiary/aromatic N) is 3. The largest absolute Gasteiger partial charge is 0.456 e. The molecule has 12 aromatic rings. The molecule has 0 spiro atoms. The Morgan fingerprint density at radius 3 is 1.63 bits per heavy atom. The van der Waals surface area contributed by atoms with Crippen LogP contribution < -0.4 is 0 Å². The highest BCUT2D eigenvalue weighted by atomic mass is 32.1. The molecule has 0 saturated heterocycles. The minimum Gasteiger partial charge on any atom is -0.456 e. The molecule has 3 aromatic heterocycles. The number of hydrogen-bond acceptors (Lipinski definition) is 5. The lowest BCUT2D eigenvalue weighted by atomic mass is 9.93. The maximum Gasteiger partial charge on any atom is 0.165 e. The predicted octanol–water partition coefficient (Wildman–Crippen LogP) is 15.3. The van der Waals surface area contributed by atoms with Crippen LogP contribution in [0.15, 0.2) is 205 Å². The molecule has 5 heteroatoms. The van der Waals surface area contributed by atoms with Gasteiger partial charge < -0.3 is 4.42 Å². The first-order valence-corrected chi connectivity index (χ1v) is 20.9. The zero-order valence-corrected chi connectivity index (χ0v) is 33.0. The van der Waals surface area contributed by atoms with Gasteiger partial charge in [0.25, 0.3) is 0 Å². The summed E-state index contributed by atoms with van der Waals surface area (Å²) in [5.74, 6) is 1.81. The zero-order chi connectivity index (χ0) is 39.6. The third kappa shape index (κ3) is 5.78. The number of rotatable bonds is 6. The first-order valence-electron chi connectivity index (χ1n) is 20.1. The molecule has 0 aliphatic carbocycles. The van der Waals surface area contributed by atoms with Crippen LogP contribution in [-0.4, -0.2) is 15.0 Å². The van der Waals surface area contributed by atoms with E-state index < -0.39 is 0 Å². The van der Waals surface area contributed by atoms with Crippen molar-refractivity contribution in [1.82, 2.24) is 15.0 Å². The number of thiophene rings is 1. The van der Waals surface area contributed by atoms with Crippen molar-refractivity contribution in [3.8, 4) is 67.5 Å². The molecule has 60 heavy (non-hydrogen) atoms. The van der Waals surface area contributed by atoms with Crippen LogP contribution in [0.25, 0.3) is 120 Å². The second-order valence-electron chi connectivity index (χ2n) is 15.1. The van der Waals surface area contributed by atoms with Crippen molar-refractivity contribution in [2.75, 3.05) is 0 Å². The van der Waals surface area contributed by atoms with Crippen molar-refractivity contribution in [1.29, 1.82) is 0 Å². The third-order valence-corrected chi connectivity index (χ3v) is 12.7. The van der Waals surface area contributed by atoms with E-state index in [1.165, 1.54) is 20.3 Å². The Kier molecular flexibility index (Phi) is 8.00. The number of benzene rings is 9. The minimum atomic E-state index is 0.585. The van der Waals surface area contributed by atoms with Gasteiger partial charge >= 0.3 is 0 Å². The summed E-state index contributed by atoms with van der Waals surface area (Å²) in [6.07, 6.45) is 0. The van der Waals surface area contributed by atoms with Gasteiger partial charge in [-0.15, -0.1) is 11.3 Å². The minimum absolute atomic E-state index is 0.585. The van der Waals surface area contributed by atoms with E-state index in [9.17, 15) is 0 Å². The average Bonchev–Trinajstić information content (AvgIpc) is 3.89. The quantitative estimate of drug-likeness (QED) is 0.169. The Morgan fingerprint density at radius 1 is 0.333 bits per heavy atom. The number of aromatic nitrogens is 3. The van der Waals surface area contributed by atoms with E-state index in [1.807, 2.05) is 12.1 Å². The van der Waals surface area contributed by atoms with Crippen LogP contribution in [0.4, 0.5) is 0 Å². The SMILES string of the molecule is c1ccc(-c2ccc(-c3nc(-c4c(-c5ccc(-c6ccccc6)cc5)ccc5oc6cc7ccccc7cc6c45)nc(-c4cccc5sc6ccccc6c45)n3)cc2)cc1. The molecule has 9 aromatic carbocycles. The van der Waals surface area contributed by atoms with Gasteiger partial charge in [0, 0.05) is 47.6 Å². The summed E-state index contributed by atoms with van der Waals surface area (Å²) in [6.45, 7) is 0. The Bertz CT molecular complexity index is 3570. The van der Waals surface area contributed by atoms with Crippen molar-refractivity contribution in [3.63, 3.8) is 0 Å². The van der Waals surface area contributed by atoms with Gasteiger partial charge in [-0.1, -0.05) is 164 Å². The molecular weight excluding hydrogens is 751 g/mol. The molecule has 0 bridgehead atoms. The summed E-state index contributed by atoms with van der Waals surface area (Å²) in [6, 6.07) is 70.4. The molecule has 0 saturated carbocycles. The fourth-order valence-electron chi connectivity index (χ4n) is 8.64. The van der Waals surface area contributed by atoms with Gasteiger partial charge in [-0.05, 0) is 80.6 Å². The van der Waals surface area contributed by atoms with Crippen LogP contribution in [0.3, 0.4) is 0 Å². The first kappa shape index (κ1) is 34.3. The molecule has 0 N–H and O–H groups in total. The smallest absolute Gasteiger partial charge is 0.165 e. The van der Waals surface area contributed by atoms with Gasteiger partial charge in [0.2, 0.25) is 0 Å². The maximum absolute atomic E-state index is 6.70. The highest BCUT2D eigenvalue weighted by molar-refractivity contribution is 7.25. The topological polar surface area (TPSA) is 51.8 Å². The van der Waals surface area contributed by atoms with E-state index in [0.29, 0.717) is 17.5 Å². The molecule has 3 heterocycles. The molecule has 0 aliphatic rings. The van der Waals surface area contributed by atoms with Crippen molar-refractivity contribution < 1.29 is 4.42 Å². The van der Waals surface area contributed by atoms with Crippen LogP contribution in [-0.2, 0) is 0 Å². The first-order chi connectivity index (χ1) is 29.7. The van der Waals surface area contributed by atoms with Gasteiger partial charge in [0.05, 0.1) is 0 Å². The molecule has 0 amide bonds. The van der Waals surface area contributed by atoms with Crippen molar-refractivity contribution in [2.24, 2.45) is 0 Å². The molecule has 12 rings (SSSR count). The summed E-state index contributed by atoms with van der Waals surface area (Å²) < 4.78 is 9.12. The van der Waals surface area contributed by atoms with E-state index in [1.54, 1.807) is 11.3 Å². The van der Waals surface area contributed by atoms with Crippen LogP contribution >= 0.6 is 11.3 Å². The van der Waals surface area contributed by atoms with Crippen molar-refractivity contribution in [2.45, 2.75) is 0 Å². The lowest BCUT2D eigenvalue weighted by molar-refractivity contribution is 0.669. The van der Waals surface area contributed by atoms with Crippen LogP contribution in [0, 0.1) is 0 Å². The van der Waals surface area contributed by atoms with Gasteiger partial charge in [-0.2, -0.15) is 0 Å².